The van der Waals surface area contributed by atoms with Crippen LogP contribution >= 0.6 is 0 Å². The molecule has 1 aromatic carbocycles. The number of hydrogen-bond donors (Lipinski definition) is 1. The van der Waals surface area contributed by atoms with Crippen molar-refractivity contribution in [3.8, 4) is 0 Å². The molecule has 1 aromatic heterocycles. The molecule has 1 fully saturated rings. The summed E-state index contributed by atoms with van der Waals surface area (Å²) in [5.41, 5.74) is 0.832. The van der Waals surface area contributed by atoms with Crippen LogP contribution in [0, 0.1) is 11.6 Å². The Labute approximate surface area is 132 Å². The maximum Gasteiger partial charge on any atom is 0.227 e. The van der Waals surface area contributed by atoms with E-state index in [1.807, 2.05) is 0 Å². The summed E-state index contributed by atoms with van der Waals surface area (Å²) in [7, 11) is 0. The lowest BCUT2D eigenvalue weighted by molar-refractivity contribution is -0.131. The number of halogens is 2. The number of carbonyl (C=O) groups excluding carboxylic acids is 1. The van der Waals surface area contributed by atoms with Gasteiger partial charge in [-0.15, -0.1) is 0 Å². The predicted molar refractivity (Wildman–Crippen MR) is 79.4 cm³/mol. The van der Waals surface area contributed by atoms with Crippen molar-refractivity contribution in [2.24, 2.45) is 0 Å². The van der Waals surface area contributed by atoms with E-state index in [0.29, 0.717) is 0 Å². The summed E-state index contributed by atoms with van der Waals surface area (Å²) in [4.78, 5) is 17.9. The fraction of sp³-hybridized carbons (Fsp3) is 0.294. The van der Waals surface area contributed by atoms with Gasteiger partial charge in [-0.05, 0) is 36.2 Å². The van der Waals surface area contributed by atoms with E-state index in [-0.39, 0.29) is 30.9 Å². The molecule has 1 aliphatic rings. The molecule has 0 saturated carbocycles. The first-order valence-electron chi connectivity index (χ1n) is 7.36. The summed E-state index contributed by atoms with van der Waals surface area (Å²) in [5.74, 6) is -1.39. The quantitative estimate of drug-likeness (QED) is 0.944. The average molecular weight is 318 g/mol. The maximum absolute atomic E-state index is 14.0. The van der Waals surface area contributed by atoms with Gasteiger partial charge in [-0.25, -0.2) is 8.78 Å². The van der Waals surface area contributed by atoms with Crippen molar-refractivity contribution in [1.82, 2.24) is 9.88 Å². The fourth-order valence-corrected chi connectivity index (χ4v) is 2.93. The van der Waals surface area contributed by atoms with Gasteiger partial charge in [-0.1, -0.05) is 6.07 Å². The molecule has 2 unspecified atom stereocenters. The highest BCUT2D eigenvalue weighted by atomic mass is 19.1. The number of hydrogen-bond acceptors (Lipinski definition) is 3. The van der Waals surface area contributed by atoms with E-state index in [1.165, 1.54) is 4.90 Å². The molecule has 3 rings (SSSR count). The molecule has 6 heteroatoms. The van der Waals surface area contributed by atoms with Crippen LogP contribution in [0.4, 0.5) is 8.78 Å². The maximum atomic E-state index is 14.0. The molecule has 0 radical (unpaired) electrons. The van der Waals surface area contributed by atoms with Crippen molar-refractivity contribution in [3.63, 3.8) is 0 Å². The molecule has 1 aliphatic heterocycles. The van der Waals surface area contributed by atoms with Crippen LogP contribution in [0.2, 0.25) is 0 Å². The van der Waals surface area contributed by atoms with Gasteiger partial charge in [0.25, 0.3) is 0 Å². The van der Waals surface area contributed by atoms with Crippen LogP contribution in [-0.2, 0) is 11.2 Å². The predicted octanol–water partition coefficient (Wildman–Crippen LogP) is 2.24. The molecule has 0 bridgehead atoms. The van der Waals surface area contributed by atoms with Crippen molar-refractivity contribution in [3.05, 3.63) is 65.5 Å². The second-order valence-electron chi connectivity index (χ2n) is 5.66. The topological polar surface area (TPSA) is 53.4 Å². The first kappa shape index (κ1) is 15.6. The number of likely N-dealkylation sites (tertiary alicyclic amines) is 1. The number of aliphatic hydroxyl groups is 1. The Hall–Kier alpha value is -2.34. The van der Waals surface area contributed by atoms with Crippen molar-refractivity contribution in [2.75, 3.05) is 6.54 Å². The van der Waals surface area contributed by atoms with Gasteiger partial charge in [-0.2, -0.15) is 0 Å². The minimum atomic E-state index is -0.750. The first-order valence-corrected chi connectivity index (χ1v) is 7.36. The molecule has 1 amide bonds. The smallest absolute Gasteiger partial charge is 0.227 e. The molecule has 4 nitrogen and oxygen atoms in total. The van der Waals surface area contributed by atoms with Crippen LogP contribution in [0.25, 0.3) is 0 Å². The van der Waals surface area contributed by atoms with Gasteiger partial charge >= 0.3 is 0 Å². The number of aliphatic hydroxyl groups excluding tert-OH is 1. The lowest BCUT2D eigenvalue weighted by Gasteiger charge is -2.25. The number of nitrogens with zero attached hydrogens (tertiary/aromatic N) is 2. The third kappa shape index (κ3) is 3.37. The zero-order valence-corrected chi connectivity index (χ0v) is 12.3. The second kappa shape index (κ2) is 6.42. The Morgan fingerprint density at radius 1 is 1.35 bits per heavy atom. The van der Waals surface area contributed by atoms with E-state index in [9.17, 15) is 18.7 Å². The molecule has 1 N–H and O–H groups in total. The second-order valence-corrected chi connectivity index (χ2v) is 5.66. The summed E-state index contributed by atoms with van der Waals surface area (Å²) in [6.07, 6.45) is 2.74. The summed E-state index contributed by atoms with van der Waals surface area (Å²) < 4.78 is 27.4. The third-order valence-electron chi connectivity index (χ3n) is 3.99. The van der Waals surface area contributed by atoms with Crippen LogP contribution in [0.1, 0.15) is 23.6 Å². The highest BCUT2D eigenvalue weighted by Crippen LogP contribution is 2.34. The Bertz CT molecular complexity index is 709. The number of benzene rings is 1. The van der Waals surface area contributed by atoms with Gasteiger partial charge in [0.1, 0.15) is 11.6 Å². The molecule has 2 heterocycles. The summed E-state index contributed by atoms with van der Waals surface area (Å²) >= 11 is 0. The Kier molecular flexibility index (Phi) is 4.34. The van der Waals surface area contributed by atoms with Crippen molar-refractivity contribution < 1.29 is 18.7 Å². The number of amides is 1. The fourth-order valence-electron chi connectivity index (χ4n) is 2.93. The van der Waals surface area contributed by atoms with Crippen LogP contribution < -0.4 is 0 Å². The normalized spacial score (nSPS) is 20.7. The number of rotatable bonds is 3. The number of aromatic nitrogens is 1. The van der Waals surface area contributed by atoms with Crippen LogP contribution in [0.15, 0.2) is 42.7 Å². The SMILES string of the molecule is O=C(Cc1cccnc1)N1CC(O)CC1c1cc(F)ccc1F. The Morgan fingerprint density at radius 3 is 2.91 bits per heavy atom. The van der Waals surface area contributed by atoms with Crippen molar-refractivity contribution in [2.45, 2.75) is 25.0 Å². The standard InChI is InChI=1S/C17H16F2N2O2/c18-12-3-4-15(19)14(7-12)16-8-13(22)10-21(16)17(23)6-11-2-1-5-20-9-11/h1-5,7,9,13,16,22H,6,8,10H2. The van der Waals surface area contributed by atoms with E-state index in [2.05, 4.69) is 4.98 Å². The van der Waals surface area contributed by atoms with E-state index in [4.69, 9.17) is 0 Å². The zero-order valence-electron chi connectivity index (χ0n) is 12.3. The van der Waals surface area contributed by atoms with E-state index < -0.39 is 23.8 Å². The minimum Gasteiger partial charge on any atom is -0.391 e. The monoisotopic (exact) mass is 318 g/mol. The van der Waals surface area contributed by atoms with E-state index in [0.717, 1.165) is 23.8 Å². The van der Waals surface area contributed by atoms with Gasteiger partial charge in [0.05, 0.1) is 18.6 Å². The largest absolute Gasteiger partial charge is 0.391 e. The van der Waals surface area contributed by atoms with Crippen LogP contribution in [0.5, 0.6) is 0 Å². The van der Waals surface area contributed by atoms with Crippen LogP contribution in [0.3, 0.4) is 0 Å². The highest BCUT2D eigenvalue weighted by Gasteiger charge is 2.36. The molecule has 2 atom stereocenters. The van der Waals surface area contributed by atoms with Gasteiger partial charge in [-0.3, -0.25) is 9.78 Å². The molecule has 2 aromatic rings. The third-order valence-corrected chi connectivity index (χ3v) is 3.99. The zero-order chi connectivity index (χ0) is 16.4. The summed E-state index contributed by atoms with van der Waals surface area (Å²) in [6, 6.07) is 6.00. The Balaban J connectivity index is 1.85. The minimum absolute atomic E-state index is 0.0982. The van der Waals surface area contributed by atoms with Gasteiger partial charge in [0.2, 0.25) is 5.91 Å². The van der Waals surface area contributed by atoms with Gasteiger partial charge in [0.15, 0.2) is 0 Å². The van der Waals surface area contributed by atoms with Crippen molar-refractivity contribution in [1.29, 1.82) is 0 Å². The molecule has 23 heavy (non-hydrogen) atoms. The molecular weight excluding hydrogens is 302 g/mol. The van der Waals surface area contributed by atoms with Gasteiger partial charge in [0, 0.05) is 24.5 Å². The molecule has 120 valence electrons. The Morgan fingerprint density at radius 2 is 2.17 bits per heavy atom. The summed E-state index contributed by atoms with van der Waals surface area (Å²) in [5, 5.41) is 9.88. The number of pyridine rings is 1. The molecule has 0 spiro atoms. The molecule has 1 saturated heterocycles. The van der Waals surface area contributed by atoms with Crippen LogP contribution in [-0.4, -0.2) is 33.5 Å². The molecular formula is C17H16F2N2O2. The first-order chi connectivity index (χ1) is 11.0. The van der Waals surface area contributed by atoms with Crippen molar-refractivity contribution >= 4 is 5.91 Å². The number of β-amino-alcohol motifs (C(OH)–C–C–N with tert-alkyl or cyclic N) is 1. The van der Waals surface area contributed by atoms with E-state index >= 15 is 0 Å². The molecule has 0 aliphatic carbocycles. The summed E-state index contributed by atoms with van der Waals surface area (Å²) in [6.45, 7) is 0.111. The van der Waals surface area contributed by atoms with Gasteiger partial charge < -0.3 is 10.0 Å². The lowest BCUT2D eigenvalue weighted by atomic mass is 10.0. The number of carbonyl (C=O) groups is 1. The highest BCUT2D eigenvalue weighted by molar-refractivity contribution is 5.79. The lowest BCUT2D eigenvalue weighted by Crippen LogP contribution is -2.33. The van der Waals surface area contributed by atoms with E-state index in [1.54, 1.807) is 24.5 Å². The average Bonchev–Trinajstić information content (AvgIpc) is 2.92.